The molecule has 0 aliphatic carbocycles. The number of benzene rings is 3. The van der Waals surface area contributed by atoms with Crippen molar-refractivity contribution in [2.24, 2.45) is 5.92 Å². The second-order valence-corrected chi connectivity index (χ2v) is 12.4. The molecule has 3 atom stereocenters. The number of nitrogens with one attached hydrogen (secondary N) is 2. The van der Waals surface area contributed by atoms with Crippen molar-refractivity contribution in [3.8, 4) is 0 Å². The molecule has 3 aromatic carbocycles. The fraction of sp³-hybridized carbons (Fsp3) is 0.424. The number of ether oxygens (including phenoxy) is 1. The summed E-state index contributed by atoms with van der Waals surface area (Å²) >= 11 is 3.12. The number of thioether (sulfide) groups is 2. The Kier molecular flexibility index (Phi) is 14.2. The summed E-state index contributed by atoms with van der Waals surface area (Å²) < 4.78 is 4.94. The number of hydrogen-bond acceptors (Lipinski definition) is 7. The van der Waals surface area contributed by atoms with Gasteiger partial charge in [-0.05, 0) is 52.8 Å². The Morgan fingerprint density at radius 3 is 2.36 bits per heavy atom. The maximum atomic E-state index is 13.3. The summed E-state index contributed by atoms with van der Waals surface area (Å²) in [7, 11) is 1.34. The molecule has 42 heavy (non-hydrogen) atoms. The Hall–Kier alpha value is -3.01. The normalized spacial score (nSPS) is 13.4. The number of fused-ring (bicyclic) bond motifs is 1. The van der Waals surface area contributed by atoms with E-state index in [1.165, 1.54) is 18.9 Å². The highest BCUT2D eigenvalue weighted by Gasteiger charge is 2.26. The smallest absolute Gasteiger partial charge is 0.328 e. The molecular formula is C33H43N3O4S2. The van der Waals surface area contributed by atoms with E-state index in [9.17, 15) is 14.4 Å². The maximum Gasteiger partial charge on any atom is 0.328 e. The van der Waals surface area contributed by atoms with Crippen LogP contribution >= 0.6 is 23.5 Å². The molecule has 226 valence electrons. The van der Waals surface area contributed by atoms with E-state index in [0.717, 1.165) is 33.4 Å². The van der Waals surface area contributed by atoms with Gasteiger partial charge in [-0.3, -0.25) is 14.5 Å². The zero-order chi connectivity index (χ0) is 30.3. The summed E-state index contributed by atoms with van der Waals surface area (Å²) in [4.78, 5) is 41.9. The lowest BCUT2D eigenvalue weighted by Crippen LogP contribution is -2.51. The standard InChI is InChI=1S/C33H43N3O4S2/c1-5-24(2)30(35-32(38)23-42-27-15-7-6-8-16-27)21-36(20-26-14-11-13-25-12-9-10-17-28(25)26)22-31(37)34-29(18-19-41-4)33(39)40-3/h6-17,24,29-30H,5,18-23H2,1-4H3,(H,34,37)(H,35,38). The highest BCUT2D eigenvalue weighted by Crippen LogP contribution is 2.22. The Morgan fingerprint density at radius 2 is 1.64 bits per heavy atom. The molecule has 0 fully saturated rings. The average Bonchev–Trinajstić information content (AvgIpc) is 3.01. The predicted molar refractivity (Wildman–Crippen MR) is 175 cm³/mol. The predicted octanol–water partition coefficient (Wildman–Crippen LogP) is 5.38. The van der Waals surface area contributed by atoms with Crippen molar-refractivity contribution in [1.82, 2.24) is 15.5 Å². The number of amides is 2. The molecule has 0 heterocycles. The summed E-state index contributed by atoms with van der Waals surface area (Å²) in [5.41, 5.74) is 1.10. The highest BCUT2D eigenvalue weighted by molar-refractivity contribution is 8.00. The number of esters is 1. The minimum absolute atomic E-state index is 0.0356. The van der Waals surface area contributed by atoms with Gasteiger partial charge in [0.2, 0.25) is 11.8 Å². The van der Waals surface area contributed by atoms with E-state index in [2.05, 4.69) is 53.6 Å². The van der Waals surface area contributed by atoms with Crippen molar-refractivity contribution in [1.29, 1.82) is 0 Å². The highest BCUT2D eigenvalue weighted by atomic mass is 32.2. The molecule has 7 nitrogen and oxygen atoms in total. The molecule has 0 spiro atoms. The molecule has 2 amide bonds. The number of rotatable bonds is 17. The van der Waals surface area contributed by atoms with Gasteiger partial charge >= 0.3 is 5.97 Å². The van der Waals surface area contributed by atoms with E-state index in [1.807, 2.05) is 54.8 Å². The van der Waals surface area contributed by atoms with Crippen molar-refractivity contribution < 1.29 is 19.1 Å². The number of carbonyl (C=O) groups excluding carboxylic acids is 3. The Labute approximate surface area is 258 Å². The molecule has 0 saturated carbocycles. The van der Waals surface area contributed by atoms with E-state index in [4.69, 9.17) is 4.74 Å². The number of nitrogens with zero attached hydrogens (tertiary/aromatic N) is 1. The Bertz CT molecular complexity index is 1290. The summed E-state index contributed by atoms with van der Waals surface area (Å²) in [6, 6.07) is 23.4. The molecule has 0 saturated heterocycles. The zero-order valence-electron chi connectivity index (χ0n) is 25.0. The zero-order valence-corrected chi connectivity index (χ0v) is 26.6. The lowest BCUT2D eigenvalue weighted by atomic mass is 9.97. The Balaban J connectivity index is 1.80. The first-order valence-electron chi connectivity index (χ1n) is 14.4. The van der Waals surface area contributed by atoms with Gasteiger partial charge in [0.25, 0.3) is 0 Å². The fourth-order valence-electron chi connectivity index (χ4n) is 4.77. The molecule has 3 aromatic rings. The van der Waals surface area contributed by atoms with Crippen LogP contribution in [0.15, 0.2) is 77.7 Å². The monoisotopic (exact) mass is 609 g/mol. The number of methoxy groups -OCH3 is 1. The summed E-state index contributed by atoms with van der Waals surface area (Å²) in [6.07, 6.45) is 3.33. The molecule has 3 rings (SSSR count). The first-order valence-corrected chi connectivity index (χ1v) is 16.7. The second-order valence-electron chi connectivity index (χ2n) is 10.4. The minimum Gasteiger partial charge on any atom is -0.467 e. The van der Waals surface area contributed by atoms with Crippen LogP contribution in [-0.4, -0.2) is 72.7 Å². The third-order valence-electron chi connectivity index (χ3n) is 7.32. The van der Waals surface area contributed by atoms with E-state index < -0.39 is 12.0 Å². The minimum atomic E-state index is -0.700. The van der Waals surface area contributed by atoms with Crippen LogP contribution in [0.1, 0.15) is 32.3 Å². The van der Waals surface area contributed by atoms with E-state index in [-0.39, 0.29) is 30.3 Å². The molecule has 3 unspecified atom stereocenters. The van der Waals surface area contributed by atoms with Crippen LogP contribution in [0.4, 0.5) is 0 Å². The number of hydrogen-bond donors (Lipinski definition) is 2. The quantitative estimate of drug-likeness (QED) is 0.157. The van der Waals surface area contributed by atoms with E-state index >= 15 is 0 Å². The van der Waals surface area contributed by atoms with Crippen LogP contribution in [0.3, 0.4) is 0 Å². The van der Waals surface area contributed by atoms with Gasteiger partial charge in [-0.25, -0.2) is 4.79 Å². The maximum absolute atomic E-state index is 13.3. The largest absolute Gasteiger partial charge is 0.467 e. The van der Waals surface area contributed by atoms with Crippen molar-refractivity contribution in [3.63, 3.8) is 0 Å². The van der Waals surface area contributed by atoms with Gasteiger partial charge in [0.1, 0.15) is 6.04 Å². The first-order chi connectivity index (χ1) is 20.3. The molecule has 0 aromatic heterocycles. The van der Waals surface area contributed by atoms with Crippen LogP contribution in [0.25, 0.3) is 10.8 Å². The molecule has 0 aliphatic heterocycles. The molecule has 0 radical (unpaired) electrons. The molecule has 2 N–H and O–H groups in total. The van der Waals surface area contributed by atoms with Gasteiger partial charge in [-0.15, -0.1) is 11.8 Å². The van der Waals surface area contributed by atoms with Gasteiger partial charge in [0.05, 0.1) is 19.4 Å². The lowest BCUT2D eigenvalue weighted by Gasteiger charge is -2.31. The van der Waals surface area contributed by atoms with Crippen molar-refractivity contribution in [3.05, 3.63) is 78.4 Å². The third kappa shape index (κ3) is 10.7. The molecular weight excluding hydrogens is 567 g/mol. The van der Waals surface area contributed by atoms with Gasteiger partial charge < -0.3 is 15.4 Å². The SMILES string of the molecule is CCC(C)C(CN(CC(=O)NC(CCSC)C(=O)OC)Cc1cccc2ccccc12)NC(=O)CSc1ccccc1. The van der Waals surface area contributed by atoms with Crippen LogP contribution in [-0.2, 0) is 25.7 Å². The van der Waals surface area contributed by atoms with Crippen LogP contribution in [0.5, 0.6) is 0 Å². The van der Waals surface area contributed by atoms with Crippen LogP contribution in [0.2, 0.25) is 0 Å². The molecule has 0 bridgehead atoms. The number of carbonyl (C=O) groups is 3. The second kappa shape index (κ2) is 17.8. The van der Waals surface area contributed by atoms with Gasteiger partial charge in [-0.2, -0.15) is 11.8 Å². The lowest BCUT2D eigenvalue weighted by molar-refractivity contribution is -0.145. The van der Waals surface area contributed by atoms with Gasteiger partial charge in [0, 0.05) is 24.0 Å². The van der Waals surface area contributed by atoms with Gasteiger partial charge in [-0.1, -0.05) is 80.9 Å². The Morgan fingerprint density at radius 1 is 0.929 bits per heavy atom. The average molecular weight is 610 g/mol. The summed E-state index contributed by atoms with van der Waals surface area (Å²) in [6.45, 7) is 5.32. The van der Waals surface area contributed by atoms with E-state index in [1.54, 1.807) is 11.8 Å². The van der Waals surface area contributed by atoms with Crippen molar-refractivity contribution >= 4 is 52.1 Å². The topological polar surface area (TPSA) is 87.7 Å². The van der Waals surface area contributed by atoms with Crippen LogP contribution in [0, 0.1) is 5.92 Å². The van der Waals surface area contributed by atoms with Crippen molar-refractivity contribution in [2.45, 2.75) is 50.2 Å². The van der Waals surface area contributed by atoms with Crippen LogP contribution < -0.4 is 10.6 Å². The third-order valence-corrected chi connectivity index (χ3v) is 8.97. The van der Waals surface area contributed by atoms with Crippen molar-refractivity contribution in [2.75, 3.05) is 38.0 Å². The molecule has 9 heteroatoms. The summed E-state index contributed by atoms with van der Waals surface area (Å²) in [5.74, 6) is 0.504. The van der Waals surface area contributed by atoms with E-state index in [0.29, 0.717) is 25.3 Å². The fourth-order valence-corrected chi connectivity index (χ4v) is 5.97. The molecule has 0 aliphatic rings. The van der Waals surface area contributed by atoms with Gasteiger partial charge in [0.15, 0.2) is 0 Å². The first kappa shape index (κ1) is 33.5. The summed E-state index contributed by atoms with van der Waals surface area (Å²) in [5, 5.41) is 8.40.